The first-order valence-corrected chi connectivity index (χ1v) is 9.99. The van der Waals surface area contributed by atoms with E-state index >= 15 is 0 Å². The summed E-state index contributed by atoms with van der Waals surface area (Å²) >= 11 is 0. The summed E-state index contributed by atoms with van der Waals surface area (Å²) in [6, 6.07) is 15.7. The Hall–Kier alpha value is -3.16. The smallest absolute Gasteiger partial charge is 0.272 e. The van der Waals surface area contributed by atoms with E-state index in [-0.39, 0.29) is 12.5 Å². The summed E-state index contributed by atoms with van der Waals surface area (Å²) in [5, 5.41) is 6.10. The van der Waals surface area contributed by atoms with E-state index in [9.17, 15) is 4.79 Å². The van der Waals surface area contributed by atoms with E-state index < -0.39 is 0 Å². The Kier molecular flexibility index (Phi) is 6.11. The molecule has 2 heterocycles. The largest absolute Gasteiger partial charge is 0.484 e. The summed E-state index contributed by atoms with van der Waals surface area (Å²) in [7, 11) is 0. The molecule has 156 valence electrons. The van der Waals surface area contributed by atoms with Gasteiger partial charge in [0.15, 0.2) is 12.4 Å². The van der Waals surface area contributed by atoms with Crippen LogP contribution in [0.15, 0.2) is 53.1 Å². The molecule has 30 heavy (non-hydrogen) atoms. The number of hydrazine groups is 1. The molecule has 1 aromatic heterocycles. The molecule has 7 nitrogen and oxygen atoms in total. The van der Waals surface area contributed by atoms with Crippen molar-refractivity contribution in [2.24, 2.45) is 0 Å². The van der Waals surface area contributed by atoms with Gasteiger partial charge in [-0.05, 0) is 38.1 Å². The lowest BCUT2D eigenvalue weighted by Crippen LogP contribution is -2.49. The third-order valence-electron chi connectivity index (χ3n) is 5.03. The highest BCUT2D eigenvalue weighted by Gasteiger charge is 2.16. The van der Waals surface area contributed by atoms with Gasteiger partial charge >= 0.3 is 0 Å². The van der Waals surface area contributed by atoms with Crippen molar-refractivity contribution < 1.29 is 18.8 Å². The fourth-order valence-corrected chi connectivity index (χ4v) is 3.32. The molecule has 1 N–H and O–H groups in total. The van der Waals surface area contributed by atoms with Crippen LogP contribution in [-0.2, 0) is 9.53 Å². The quantitative estimate of drug-likeness (QED) is 0.675. The third-order valence-corrected chi connectivity index (χ3v) is 5.03. The third kappa shape index (κ3) is 4.69. The van der Waals surface area contributed by atoms with Crippen molar-refractivity contribution in [1.29, 1.82) is 0 Å². The van der Waals surface area contributed by atoms with Gasteiger partial charge < -0.3 is 14.0 Å². The summed E-state index contributed by atoms with van der Waals surface area (Å²) in [6.07, 6.45) is 0. The Morgan fingerprint density at radius 1 is 1.03 bits per heavy atom. The first-order chi connectivity index (χ1) is 14.6. The zero-order valence-corrected chi connectivity index (χ0v) is 17.2. The number of nitrogens with one attached hydrogen (secondary N) is 1. The minimum atomic E-state index is -0.184. The van der Waals surface area contributed by atoms with Crippen LogP contribution in [0.4, 0.5) is 0 Å². The minimum Gasteiger partial charge on any atom is -0.484 e. The number of benzene rings is 2. The number of ether oxygens (including phenoxy) is 2. The van der Waals surface area contributed by atoms with Crippen LogP contribution in [0.3, 0.4) is 0 Å². The zero-order valence-electron chi connectivity index (χ0n) is 17.2. The fraction of sp³-hybridized carbons (Fsp3) is 0.304. The maximum atomic E-state index is 12.0. The Labute approximate surface area is 175 Å². The van der Waals surface area contributed by atoms with Gasteiger partial charge in [-0.25, -0.2) is 5.01 Å². The highest BCUT2D eigenvalue weighted by molar-refractivity contribution is 5.77. The van der Waals surface area contributed by atoms with Gasteiger partial charge in [0.05, 0.1) is 13.2 Å². The van der Waals surface area contributed by atoms with Gasteiger partial charge in [0.25, 0.3) is 5.91 Å². The molecular formula is C23H25N3O4. The van der Waals surface area contributed by atoms with E-state index in [1.54, 1.807) is 0 Å². The van der Waals surface area contributed by atoms with E-state index in [0.717, 1.165) is 28.1 Å². The number of carbonyl (C=O) groups is 1. The molecule has 1 fully saturated rings. The predicted octanol–water partition coefficient (Wildman–Crippen LogP) is 3.37. The molecule has 0 atom stereocenters. The second kappa shape index (κ2) is 9.11. The first kappa shape index (κ1) is 20.1. The van der Waals surface area contributed by atoms with Gasteiger partial charge in [0, 0.05) is 29.8 Å². The van der Waals surface area contributed by atoms with E-state index in [2.05, 4.69) is 29.6 Å². The highest BCUT2D eigenvalue weighted by atomic mass is 16.5. The number of hydrogen-bond acceptors (Lipinski definition) is 6. The molecular weight excluding hydrogens is 382 g/mol. The maximum absolute atomic E-state index is 12.0. The number of aromatic nitrogens is 1. The van der Waals surface area contributed by atoms with Crippen molar-refractivity contribution in [3.8, 4) is 28.3 Å². The monoisotopic (exact) mass is 407 g/mol. The molecule has 0 saturated carbocycles. The lowest BCUT2D eigenvalue weighted by atomic mass is 10.0. The van der Waals surface area contributed by atoms with E-state index in [1.807, 2.05) is 48.3 Å². The number of rotatable bonds is 6. The average Bonchev–Trinajstić information content (AvgIpc) is 3.15. The van der Waals surface area contributed by atoms with E-state index in [4.69, 9.17) is 14.0 Å². The van der Waals surface area contributed by atoms with E-state index in [1.165, 1.54) is 5.56 Å². The minimum absolute atomic E-state index is 0.0444. The summed E-state index contributed by atoms with van der Waals surface area (Å²) in [6.45, 7) is 6.62. The standard InChI is InChI=1S/C23H25N3O4/c1-16-3-5-19(6-4-16)23-17(2)22(25-30-23)18-7-9-20(10-8-18)29-15-21(27)24-26-11-13-28-14-12-26/h3-10H,11-15H2,1-2H3,(H,24,27). The Morgan fingerprint density at radius 3 is 2.40 bits per heavy atom. The Morgan fingerprint density at radius 2 is 1.70 bits per heavy atom. The number of nitrogens with zero attached hydrogens (tertiary/aromatic N) is 2. The Balaban J connectivity index is 1.37. The van der Waals surface area contributed by atoms with Crippen molar-refractivity contribution in [2.75, 3.05) is 32.9 Å². The van der Waals surface area contributed by atoms with Gasteiger partial charge in [0.2, 0.25) is 0 Å². The van der Waals surface area contributed by atoms with Gasteiger partial charge in [0.1, 0.15) is 11.4 Å². The van der Waals surface area contributed by atoms with Crippen molar-refractivity contribution >= 4 is 5.91 Å². The second-order valence-electron chi connectivity index (χ2n) is 7.30. The molecule has 4 rings (SSSR count). The lowest BCUT2D eigenvalue weighted by Gasteiger charge is -2.26. The topological polar surface area (TPSA) is 76.8 Å². The van der Waals surface area contributed by atoms with Crippen LogP contribution < -0.4 is 10.2 Å². The van der Waals surface area contributed by atoms with E-state index in [0.29, 0.717) is 32.1 Å². The molecule has 1 aliphatic rings. The average molecular weight is 407 g/mol. The van der Waals surface area contributed by atoms with Gasteiger partial charge in [-0.2, -0.15) is 0 Å². The second-order valence-corrected chi connectivity index (χ2v) is 7.30. The number of aryl methyl sites for hydroxylation is 1. The summed E-state index contributed by atoms with van der Waals surface area (Å²) < 4.78 is 16.5. The molecule has 0 aliphatic carbocycles. The zero-order chi connectivity index (χ0) is 20.9. The summed E-state index contributed by atoms with van der Waals surface area (Å²) in [4.78, 5) is 12.0. The van der Waals surface area contributed by atoms with Crippen LogP contribution in [0, 0.1) is 13.8 Å². The van der Waals surface area contributed by atoms with Crippen LogP contribution >= 0.6 is 0 Å². The Bertz CT molecular complexity index is 990. The highest BCUT2D eigenvalue weighted by Crippen LogP contribution is 2.32. The molecule has 3 aromatic rings. The molecule has 1 aliphatic heterocycles. The molecule has 1 amide bonds. The van der Waals surface area contributed by atoms with Crippen LogP contribution in [0.2, 0.25) is 0 Å². The molecule has 0 spiro atoms. The fourth-order valence-electron chi connectivity index (χ4n) is 3.32. The summed E-state index contributed by atoms with van der Waals surface area (Å²) in [5.41, 5.74) is 7.73. The molecule has 1 saturated heterocycles. The molecule has 0 radical (unpaired) electrons. The predicted molar refractivity (Wildman–Crippen MR) is 113 cm³/mol. The first-order valence-electron chi connectivity index (χ1n) is 9.99. The SMILES string of the molecule is Cc1ccc(-c2onc(-c3ccc(OCC(=O)NN4CCOCC4)cc3)c2C)cc1. The molecule has 0 bridgehead atoms. The van der Waals surface area contributed by atoms with Crippen LogP contribution in [-0.4, -0.2) is 49.0 Å². The van der Waals surface area contributed by atoms with Crippen LogP contribution in [0.25, 0.3) is 22.6 Å². The maximum Gasteiger partial charge on any atom is 0.272 e. The number of carbonyl (C=O) groups excluding carboxylic acids is 1. The van der Waals surface area contributed by atoms with Gasteiger partial charge in [-0.15, -0.1) is 0 Å². The van der Waals surface area contributed by atoms with Crippen molar-refractivity contribution in [3.05, 3.63) is 59.7 Å². The number of amides is 1. The van der Waals surface area contributed by atoms with Gasteiger partial charge in [-0.1, -0.05) is 35.0 Å². The molecule has 2 aromatic carbocycles. The number of hydrogen-bond donors (Lipinski definition) is 1. The lowest BCUT2D eigenvalue weighted by molar-refractivity contribution is -0.130. The summed E-state index contributed by atoms with van der Waals surface area (Å²) in [5.74, 6) is 1.21. The van der Waals surface area contributed by atoms with Crippen LogP contribution in [0.5, 0.6) is 5.75 Å². The molecule has 0 unspecified atom stereocenters. The van der Waals surface area contributed by atoms with Crippen molar-refractivity contribution in [2.45, 2.75) is 13.8 Å². The van der Waals surface area contributed by atoms with Crippen molar-refractivity contribution in [1.82, 2.24) is 15.6 Å². The van der Waals surface area contributed by atoms with Crippen molar-refractivity contribution in [3.63, 3.8) is 0 Å². The van der Waals surface area contributed by atoms with Crippen LogP contribution in [0.1, 0.15) is 11.1 Å². The number of morpholine rings is 1. The molecule has 7 heteroatoms. The van der Waals surface area contributed by atoms with Gasteiger partial charge in [-0.3, -0.25) is 10.2 Å². The normalized spacial score (nSPS) is 14.5.